The number of nitrogens with zero attached hydrogens (tertiary/aromatic N) is 1. The van der Waals surface area contributed by atoms with Crippen LogP contribution in [0.1, 0.15) is 19.3 Å². The van der Waals surface area contributed by atoms with Gasteiger partial charge in [0.2, 0.25) is 0 Å². The van der Waals surface area contributed by atoms with Crippen LogP contribution >= 0.6 is 0 Å². The molecule has 104 valence electrons. The monoisotopic (exact) mass is 260 g/mol. The fraction of sp³-hybridized carbons (Fsp3) is 0.818. The minimum Gasteiger partial charge on any atom is -0.481 e. The van der Waals surface area contributed by atoms with Crippen molar-refractivity contribution >= 4 is 12.0 Å². The molecule has 0 radical (unpaired) electrons. The van der Waals surface area contributed by atoms with Crippen LogP contribution in [-0.4, -0.2) is 66.1 Å². The van der Waals surface area contributed by atoms with Crippen LogP contribution in [0.25, 0.3) is 0 Å². The number of aliphatic carboxylic acids is 1. The average Bonchev–Trinajstić information content (AvgIpc) is 2.36. The van der Waals surface area contributed by atoms with Crippen molar-refractivity contribution in [3.05, 3.63) is 0 Å². The normalized spacial score (nSPS) is 16.6. The lowest BCUT2D eigenvalue weighted by Gasteiger charge is -2.31. The number of aliphatic hydroxyl groups is 1. The van der Waals surface area contributed by atoms with Gasteiger partial charge in [-0.25, -0.2) is 4.79 Å². The number of carboxylic acids is 1. The lowest BCUT2D eigenvalue weighted by Crippen LogP contribution is -2.46. The van der Waals surface area contributed by atoms with Crippen LogP contribution in [0.3, 0.4) is 0 Å². The number of aliphatic hydroxyl groups excluding tert-OH is 1. The molecule has 0 bridgehead atoms. The molecule has 2 amide bonds. The van der Waals surface area contributed by atoms with Gasteiger partial charge in [-0.1, -0.05) is 0 Å². The quantitative estimate of drug-likeness (QED) is 0.606. The third-order valence-corrected chi connectivity index (χ3v) is 2.79. The number of likely N-dealkylation sites (tertiary alicyclic amines) is 1. The number of nitrogens with one attached hydrogen (secondary N) is 1. The molecule has 1 aliphatic heterocycles. The second-order valence-corrected chi connectivity index (χ2v) is 4.16. The first-order valence-electron chi connectivity index (χ1n) is 6.10. The number of piperidine rings is 1. The van der Waals surface area contributed by atoms with E-state index >= 15 is 0 Å². The summed E-state index contributed by atoms with van der Waals surface area (Å²) in [6, 6.07) is -0.225. The Morgan fingerprint density at radius 2 is 2.00 bits per heavy atom. The molecule has 0 saturated carbocycles. The number of hydrogen-bond donors (Lipinski definition) is 3. The Morgan fingerprint density at radius 3 is 2.56 bits per heavy atom. The van der Waals surface area contributed by atoms with Crippen molar-refractivity contribution in [2.24, 2.45) is 0 Å². The topological polar surface area (TPSA) is 99.1 Å². The summed E-state index contributed by atoms with van der Waals surface area (Å²) in [4.78, 5) is 23.6. The maximum Gasteiger partial charge on any atom is 0.317 e. The molecule has 1 rings (SSSR count). The van der Waals surface area contributed by atoms with Crippen molar-refractivity contribution in [2.45, 2.75) is 25.4 Å². The molecule has 0 spiro atoms. The molecule has 0 atom stereocenters. The Hall–Kier alpha value is -1.34. The maximum atomic E-state index is 11.6. The van der Waals surface area contributed by atoms with Crippen molar-refractivity contribution in [2.75, 3.05) is 32.8 Å². The highest BCUT2D eigenvalue weighted by Gasteiger charge is 2.22. The lowest BCUT2D eigenvalue weighted by atomic mass is 10.1. The first kappa shape index (κ1) is 14.7. The summed E-state index contributed by atoms with van der Waals surface area (Å²) in [6.07, 6.45) is 1.51. The number of carbonyl (C=O) groups excluding carboxylic acids is 1. The lowest BCUT2D eigenvalue weighted by molar-refractivity contribution is -0.136. The van der Waals surface area contributed by atoms with Gasteiger partial charge in [0.25, 0.3) is 0 Å². The van der Waals surface area contributed by atoms with Crippen molar-refractivity contribution in [3.8, 4) is 0 Å². The van der Waals surface area contributed by atoms with E-state index in [-0.39, 0.29) is 31.7 Å². The van der Waals surface area contributed by atoms with Gasteiger partial charge in [-0.2, -0.15) is 0 Å². The highest BCUT2D eigenvalue weighted by atomic mass is 16.5. The minimum atomic E-state index is -0.925. The van der Waals surface area contributed by atoms with Crippen LogP contribution in [0.15, 0.2) is 0 Å². The van der Waals surface area contributed by atoms with Gasteiger partial charge in [0.1, 0.15) is 0 Å². The van der Waals surface area contributed by atoms with Crippen molar-refractivity contribution in [1.29, 1.82) is 0 Å². The summed E-state index contributed by atoms with van der Waals surface area (Å²) in [7, 11) is 0. The molecule has 18 heavy (non-hydrogen) atoms. The fourth-order valence-corrected chi connectivity index (χ4v) is 1.83. The fourth-order valence-electron chi connectivity index (χ4n) is 1.83. The Labute approximate surface area is 106 Å². The molecular formula is C11H20N2O5. The van der Waals surface area contributed by atoms with Crippen LogP contribution in [0, 0.1) is 0 Å². The summed E-state index contributed by atoms with van der Waals surface area (Å²) < 4.78 is 5.39. The SMILES string of the molecule is O=C(O)CCNC(=O)N1CCC(OCCO)CC1. The van der Waals surface area contributed by atoms with Crippen molar-refractivity contribution in [1.82, 2.24) is 10.2 Å². The van der Waals surface area contributed by atoms with E-state index < -0.39 is 5.97 Å². The van der Waals surface area contributed by atoms with Gasteiger partial charge in [-0.15, -0.1) is 0 Å². The van der Waals surface area contributed by atoms with Crippen LogP contribution in [-0.2, 0) is 9.53 Å². The van der Waals surface area contributed by atoms with Crippen molar-refractivity contribution in [3.63, 3.8) is 0 Å². The van der Waals surface area contributed by atoms with Crippen LogP contribution in [0.5, 0.6) is 0 Å². The number of rotatable bonds is 6. The number of carbonyl (C=O) groups is 2. The van der Waals surface area contributed by atoms with E-state index in [2.05, 4.69) is 5.32 Å². The highest BCUT2D eigenvalue weighted by Crippen LogP contribution is 2.13. The molecule has 1 fully saturated rings. The van der Waals surface area contributed by atoms with Crippen molar-refractivity contribution < 1.29 is 24.5 Å². The third-order valence-electron chi connectivity index (χ3n) is 2.79. The molecule has 0 aromatic carbocycles. The molecule has 7 heteroatoms. The Kier molecular flexibility index (Phi) is 6.45. The molecule has 0 aliphatic carbocycles. The van der Waals surface area contributed by atoms with Crippen LogP contribution in [0.2, 0.25) is 0 Å². The molecule has 0 aromatic heterocycles. The number of amides is 2. The van der Waals surface area contributed by atoms with E-state index in [4.69, 9.17) is 14.9 Å². The average molecular weight is 260 g/mol. The Bertz CT molecular complexity index is 277. The zero-order valence-corrected chi connectivity index (χ0v) is 10.3. The summed E-state index contributed by atoms with van der Waals surface area (Å²) in [6.45, 7) is 1.67. The van der Waals surface area contributed by atoms with Gasteiger partial charge in [0, 0.05) is 19.6 Å². The summed E-state index contributed by atoms with van der Waals surface area (Å²) in [5, 5.41) is 19.7. The zero-order valence-electron chi connectivity index (χ0n) is 10.3. The molecule has 7 nitrogen and oxygen atoms in total. The molecular weight excluding hydrogens is 240 g/mol. The molecule has 3 N–H and O–H groups in total. The van der Waals surface area contributed by atoms with E-state index in [9.17, 15) is 9.59 Å². The predicted molar refractivity (Wildman–Crippen MR) is 63.3 cm³/mol. The minimum absolute atomic E-state index is 0.00981. The summed E-state index contributed by atoms with van der Waals surface area (Å²) in [5.74, 6) is -0.925. The van der Waals surface area contributed by atoms with E-state index in [1.54, 1.807) is 4.90 Å². The second kappa shape index (κ2) is 7.88. The smallest absolute Gasteiger partial charge is 0.317 e. The van der Waals surface area contributed by atoms with Gasteiger partial charge >= 0.3 is 12.0 Å². The molecule has 0 unspecified atom stereocenters. The van der Waals surface area contributed by atoms with Gasteiger partial charge in [-0.05, 0) is 12.8 Å². The standard InChI is InChI=1S/C11H20N2O5/c14-7-8-18-9-2-5-13(6-3-9)11(17)12-4-1-10(15)16/h9,14H,1-8H2,(H,12,17)(H,15,16). The largest absolute Gasteiger partial charge is 0.481 e. The summed E-state index contributed by atoms with van der Waals surface area (Å²) >= 11 is 0. The van der Waals surface area contributed by atoms with Gasteiger partial charge in [0.15, 0.2) is 0 Å². The second-order valence-electron chi connectivity index (χ2n) is 4.16. The van der Waals surface area contributed by atoms with Gasteiger partial charge in [0.05, 0.1) is 25.7 Å². The van der Waals surface area contributed by atoms with Gasteiger partial charge < -0.3 is 25.2 Å². The van der Waals surface area contributed by atoms with Crippen LogP contribution < -0.4 is 5.32 Å². The zero-order chi connectivity index (χ0) is 13.4. The van der Waals surface area contributed by atoms with E-state index in [1.165, 1.54) is 0 Å². The Morgan fingerprint density at radius 1 is 1.33 bits per heavy atom. The summed E-state index contributed by atoms with van der Waals surface area (Å²) in [5.41, 5.74) is 0. The number of hydrogen-bond acceptors (Lipinski definition) is 4. The molecule has 1 heterocycles. The van der Waals surface area contributed by atoms with E-state index in [0.717, 1.165) is 12.8 Å². The highest BCUT2D eigenvalue weighted by molar-refractivity contribution is 5.75. The first-order chi connectivity index (χ1) is 8.63. The molecule has 1 aliphatic rings. The number of ether oxygens (including phenoxy) is 1. The molecule has 1 saturated heterocycles. The van der Waals surface area contributed by atoms with Gasteiger partial charge in [-0.3, -0.25) is 4.79 Å². The van der Waals surface area contributed by atoms with Crippen LogP contribution in [0.4, 0.5) is 4.79 Å². The Balaban J connectivity index is 2.17. The van der Waals surface area contributed by atoms with E-state index in [1.807, 2.05) is 0 Å². The third kappa shape index (κ3) is 5.33. The maximum absolute atomic E-state index is 11.6. The predicted octanol–water partition coefficient (Wildman–Crippen LogP) is -0.356. The first-order valence-corrected chi connectivity index (χ1v) is 6.10. The molecule has 0 aromatic rings. The van der Waals surface area contributed by atoms with E-state index in [0.29, 0.717) is 19.7 Å². The number of carboxylic acid groups (broad SMARTS) is 1. The number of urea groups is 1.